The Kier molecular flexibility index (Phi) is 6.26. The van der Waals surface area contributed by atoms with Gasteiger partial charge in [-0.2, -0.15) is 0 Å². The fourth-order valence-electron chi connectivity index (χ4n) is 5.46. The quantitative estimate of drug-likeness (QED) is 0.618. The van der Waals surface area contributed by atoms with Gasteiger partial charge in [0.05, 0.1) is 5.92 Å². The van der Waals surface area contributed by atoms with Crippen molar-refractivity contribution < 1.29 is 24.2 Å². The topological polar surface area (TPSA) is 95.9 Å². The molecule has 7 nitrogen and oxygen atoms in total. The average molecular weight is 463 g/mol. The van der Waals surface area contributed by atoms with E-state index in [-0.39, 0.29) is 31.0 Å². The van der Waals surface area contributed by atoms with E-state index < -0.39 is 18.0 Å². The maximum absolute atomic E-state index is 13.1. The van der Waals surface area contributed by atoms with E-state index >= 15 is 0 Å². The van der Waals surface area contributed by atoms with Crippen molar-refractivity contribution in [3.8, 4) is 11.1 Å². The second-order valence-electron chi connectivity index (χ2n) is 9.67. The fraction of sp³-hybridized carbons (Fsp3) is 0.444. The van der Waals surface area contributed by atoms with Crippen LogP contribution < -0.4 is 5.32 Å². The molecular formula is C27H30N2O5. The third kappa shape index (κ3) is 4.65. The number of nitrogens with one attached hydrogen (secondary N) is 1. The van der Waals surface area contributed by atoms with Crippen LogP contribution in [0.5, 0.6) is 0 Å². The van der Waals surface area contributed by atoms with Crippen molar-refractivity contribution in [2.75, 3.05) is 19.7 Å². The highest BCUT2D eigenvalue weighted by molar-refractivity contribution is 5.84. The summed E-state index contributed by atoms with van der Waals surface area (Å²) in [7, 11) is 0. The summed E-state index contributed by atoms with van der Waals surface area (Å²) >= 11 is 0. The maximum atomic E-state index is 13.1. The predicted octanol–water partition coefficient (Wildman–Crippen LogP) is 4.02. The molecule has 3 aliphatic carbocycles. The number of hydrogen-bond acceptors (Lipinski definition) is 4. The lowest BCUT2D eigenvalue weighted by atomic mass is 9.98. The lowest BCUT2D eigenvalue weighted by molar-refractivity contribution is -0.146. The molecule has 0 radical (unpaired) electrons. The molecule has 0 unspecified atom stereocenters. The van der Waals surface area contributed by atoms with Crippen LogP contribution in [0.4, 0.5) is 4.79 Å². The summed E-state index contributed by atoms with van der Waals surface area (Å²) in [6.45, 7) is 0.417. The van der Waals surface area contributed by atoms with Crippen molar-refractivity contribution in [3.63, 3.8) is 0 Å². The van der Waals surface area contributed by atoms with E-state index in [9.17, 15) is 19.5 Å². The summed E-state index contributed by atoms with van der Waals surface area (Å²) in [5.74, 6) is -1.20. The van der Waals surface area contributed by atoms with Gasteiger partial charge in [0.15, 0.2) is 0 Å². The Morgan fingerprint density at radius 1 is 0.941 bits per heavy atom. The van der Waals surface area contributed by atoms with Gasteiger partial charge in [0.1, 0.15) is 13.2 Å². The van der Waals surface area contributed by atoms with Crippen LogP contribution in [-0.2, 0) is 14.3 Å². The lowest BCUT2D eigenvalue weighted by Gasteiger charge is -2.27. The Morgan fingerprint density at radius 3 is 2.21 bits per heavy atom. The molecule has 0 aromatic heterocycles. The number of ether oxygens (including phenoxy) is 1. The van der Waals surface area contributed by atoms with Gasteiger partial charge in [0.25, 0.3) is 0 Å². The molecule has 34 heavy (non-hydrogen) atoms. The number of nitrogens with zero attached hydrogens (tertiary/aromatic N) is 1. The molecule has 0 aliphatic heterocycles. The van der Waals surface area contributed by atoms with E-state index in [4.69, 9.17) is 4.74 Å². The molecular weight excluding hydrogens is 432 g/mol. The standard InChI is InChI=1S/C27H30N2O5/c30-25(31)15-29(14-17-12-13-17)26(32)22-10-5-11-24(22)28-27(33)34-16-23-20-8-3-1-6-18(20)19-7-2-4-9-21(19)23/h1-4,6-9,17,22-24H,5,10-16H2,(H,28,33)(H,30,31)/t22-,24+/m1/s1. The average Bonchev–Trinajstić information content (AvgIpc) is 3.43. The van der Waals surface area contributed by atoms with Crippen LogP contribution in [-0.4, -0.2) is 53.7 Å². The zero-order chi connectivity index (χ0) is 23.7. The number of hydrogen-bond donors (Lipinski definition) is 2. The summed E-state index contributed by atoms with van der Waals surface area (Å²) < 4.78 is 5.66. The van der Waals surface area contributed by atoms with E-state index in [1.165, 1.54) is 16.0 Å². The number of carbonyl (C=O) groups excluding carboxylic acids is 2. The number of carbonyl (C=O) groups is 3. The monoisotopic (exact) mass is 462 g/mol. The van der Waals surface area contributed by atoms with Gasteiger partial charge in [-0.15, -0.1) is 0 Å². The number of carboxylic acids is 1. The molecule has 0 heterocycles. The van der Waals surface area contributed by atoms with Crippen LogP contribution in [0.3, 0.4) is 0 Å². The molecule has 2 N–H and O–H groups in total. The third-order valence-electron chi connectivity index (χ3n) is 7.29. The van der Waals surface area contributed by atoms with Crippen LogP contribution in [0.15, 0.2) is 48.5 Å². The molecule has 0 bridgehead atoms. The van der Waals surface area contributed by atoms with Crippen LogP contribution in [0.25, 0.3) is 11.1 Å². The molecule has 7 heteroatoms. The molecule has 0 saturated heterocycles. The van der Waals surface area contributed by atoms with E-state index in [0.29, 0.717) is 25.3 Å². The summed E-state index contributed by atoms with van der Waals surface area (Å²) in [5, 5.41) is 12.2. The first-order valence-corrected chi connectivity index (χ1v) is 12.1. The third-order valence-corrected chi connectivity index (χ3v) is 7.29. The largest absolute Gasteiger partial charge is 0.480 e. The number of carboxylic acid groups (broad SMARTS) is 1. The van der Waals surface area contributed by atoms with E-state index in [0.717, 1.165) is 30.4 Å². The molecule has 2 saturated carbocycles. The van der Waals surface area contributed by atoms with Crippen LogP contribution in [0.1, 0.15) is 49.1 Å². The van der Waals surface area contributed by atoms with Gasteiger partial charge in [-0.25, -0.2) is 4.79 Å². The van der Waals surface area contributed by atoms with Crippen molar-refractivity contribution in [2.24, 2.45) is 11.8 Å². The Labute approximate surface area is 199 Å². The number of rotatable bonds is 8. The Balaban J connectivity index is 1.21. The minimum Gasteiger partial charge on any atom is -0.480 e. The van der Waals surface area contributed by atoms with Gasteiger partial charge in [-0.1, -0.05) is 55.0 Å². The highest BCUT2D eigenvalue weighted by Crippen LogP contribution is 2.44. The summed E-state index contributed by atoms with van der Waals surface area (Å²) in [6, 6.07) is 16.0. The second kappa shape index (κ2) is 9.49. The van der Waals surface area contributed by atoms with Crippen molar-refractivity contribution in [1.82, 2.24) is 10.2 Å². The van der Waals surface area contributed by atoms with Crippen molar-refractivity contribution >= 4 is 18.0 Å². The Morgan fingerprint density at radius 2 is 1.59 bits per heavy atom. The van der Waals surface area contributed by atoms with Gasteiger partial charge in [-0.05, 0) is 53.9 Å². The first kappa shape index (κ1) is 22.4. The Hall–Kier alpha value is -3.35. The Bertz CT molecular complexity index is 1050. The minimum absolute atomic E-state index is 0.0243. The smallest absolute Gasteiger partial charge is 0.407 e. The van der Waals surface area contributed by atoms with E-state index in [1.807, 2.05) is 24.3 Å². The maximum Gasteiger partial charge on any atom is 0.407 e. The van der Waals surface area contributed by atoms with Gasteiger partial charge in [0.2, 0.25) is 5.91 Å². The van der Waals surface area contributed by atoms with Crippen molar-refractivity contribution in [1.29, 1.82) is 0 Å². The molecule has 2 aromatic carbocycles. The molecule has 2 atom stereocenters. The van der Waals surface area contributed by atoms with Crippen LogP contribution in [0.2, 0.25) is 0 Å². The molecule has 178 valence electrons. The van der Waals surface area contributed by atoms with Crippen molar-refractivity contribution in [2.45, 2.75) is 44.1 Å². The first-order chi connectivity index (χ1) is 16.5. The highest BCUT2D eigenvalue weighted by Gasteiger charge is 2.39. The van der Waals surface area contributed by atoms with Gasteiger partial charge in [-0.3, -0.25) is 9.59 Å². The molecule has 2 amide bonds. The van der Waals surface area contributed by atoms with E-state index in [2.05, 4.69) is 29.6 Å². The van der Waals surface area contributed by atoms with Gasteiger partial charge >= 0.3 is 12.1 Å². The van der Waals surface area contributed by atoms with Crippen LogP contribution in [0, 0.1) is 11.8 Å². The molecule has 0 spiro atoms. The number of benzene rings is 2. The van der Waals surface area contributed by atoms with Gasteiger partial charge < -0.3 is 20.1 Å². The summed E-state index contributed by atoms with van der Waals surface area (Å²) in [5.41, 5.74) is 4.63. The van der Waals surface area contributed by atoms with Crippen molar-refractivity contribution in [3.05, 3.63) is 59.7 Å². The second-order valence-corrected chi connectivity index (χ2v) is 9.67. The first-order valence-electron chi connectivity index (χ1n) is 12.1. The van der Waals surface area contributed by atoms with Crippen LogP contribution >= 0.6 is 0 Å². The number of amides is 2. The minimum atomic E-state index is -1.01. The molecule has 2 aromatic rings. The summed E-state index contributed by atoms with van der Waals surface area (Å²) in [4.78, 5) is 38.6. The lowest BCUT2D eigenvalue weighted by Crippen LogP contribution is -2.47. The fourth-order valence-corrected chi connectivity index (χ4v) is 5.46. The molecule has 2 fully saturated rings. The van der Waals surface area contributed by atoms with Gasteiger partial charge in [0, 0.05) is 18.5 Å². The highest BCUT2D eigenvalue weighted by atomic mass is 16.5. The zero-order valence-corrected chi connectivity index (χ0v) is 19.1. The number of alkyl carbamates (subject to hydrolysis) is 1. The molecule has 5 rings (SSSR count). The molecule has 3 aliphatic rings. The SMILES string of the molecule is O=C(O)CN(CC1CC1)C(=O)[C@@H]1CCC[C@@H]1NC(=O)OCC1c2ccccc2-c2ccccc21. The number of aliphatic carboxylic acids is 1. The summed E-state index contributed by atoms with van der Waals surface area (Å²) in [6.07, 6.45) is 3.69. The van der Waals surface area contributed by atoms with E-state index in [1.54, 1.807) is 0 Å². The number of fused-ring (bicyclic) bond motifs is 3. The normalized spacial score (nSPS) is 20.9. The zero-order valence-electron chi connectivity index (χ0n) is 19.1. The predicted molar refractivity (Wildman–Crippen MR) is 126 cm³/mol.